The van der Waals surface area contributed by atoms with Gasteiger partial charge in [-0.1, -0.05) is 11.6 Å². The van der Waals surface area contributed by atoms with Gasteiger partial charge in [0.1, 0.15) is 0 Å². The molecule has 32 heavy (non-hydrogen) atoms. The Hall–Kier alpha value is -2.33. The van der Waals surface area contributed by atoms with Gasteiger partial charge in [-0.3, -0.25) is 9.52 Å². The van der Waals surface area contributed by atoms with Crippen molar-refractivity contribution in [3.05, 3.63) is 53.1 Å². The van der Waals surface area contributed by atoms with Crippen molar-refractivity contribution in [2.45, 2.75) is 23.8 Å². The quantitative estimate of drug-likeness (QED) is 0.565. The van der Waals surface area contributed by atoms with E-state index in [9.17, 15) is 13.2 Å². The smallest absolute Gasteiger partial charge is 0.261 e. The molecule has 2 fully saturated rings. The number of nitrogens with zero attached hydrogens (tertiary/aromatic N) is 1. The maximum atomic E-state index is 13.0. The molecule has 0 spiro atoms. The number of ether oxygens (including phenoxy) is 1. The van der Waals surface area contributed by atoms with Crippen LogP contribution < -0.4 is 20.3 Å². The number of hydrogen-bond acceptors (Lipinski definition) is 6. The summed E-state index contributed by atoms with van der Waals surface area (Å²) in [5.74, 6) is -0.265. The van der Waals surface area contributed by atoms with Crippen molar-refractivity contribution in [1.29, 1.82) is 0 Å². The summed E-state index contributed by atoms with van der Waals surface area (Å²) in [6.07, 6.45) is 1.95. The van der Waals surface area contributed by atoms with Crippen LogP contribution in [-0.2, 0) is 14.8 Å². The first-order valence-corrected chi connectivity index (χ1v) is 12.6. The molecule has 0 bridgehead atoms. The van der Waals surface area contributed by atoms with Gasteiger partial charge < -0.3 is 20.3 Å². The lowest BCUT2D eigenvalue weighted by Crippen LogP contribution is -2.43. The lowest BCUT2D eigenvalue weighted by Gasteiger charge is -2.31. The third-order valence-corrected chi connectivity index (χ3v) is 7.23. The highest BCUT2D eigenvalue weighted by molar-refractivity contribution is 7.92. The van der Waals surface area contributed by atoms with Crippen LogP contribution >= 0.6 is 11.6 Å². The summed E-state index contributed by atoms with van der Waals surface area (Å²) in [6, 6.07) is 11.1. The van der Waals surface area contributed by atoms with E-state index in [0.29, 0.717) is 22.8 Å². The predicted molar refractivity (Wildman–Crippen MR) is 125 cm³/mol. The van der Waals surface area contributed by atoms with Crippen LogP contribution in [0.4, 0.5) is 11.4 Å². The number of nitrogens with one attached hydrogen (secondary N) is 3. The molecule has 0 unspecified atom stereocenters. The van der Waals surface area contributed by atoms with Crippen LogP contribution in [0.3, 0.4) is 0 Å². The number of halogens is 1. The molecule has 10 heteroatoms. The second-order valence-corrected chi connectivity index (χ2v) is 9.99. The van der Waals surface area contributed by atoms with Crippen LogP contribution in [0.5, 0.6) is 0 Å². The Morgan fingerprint density at radius 1 is 1.16 bits per heavy atom. The van der Waals surface area contributed by atoms with E-state index in [4.69, 9.17) is 16.3 Å². The van der Waals surface area contributed by atoms with E-state index >= 15 is 0 Å². The fraction of sp³-hybridized carbons (Fsp3) is 0.409. The molecule has 8 nitrogen and oxygen atoms in total. The lowest BCUT2D eigenvalue weighted by atomic mass is 10.1. The Morgan fingerprint density at radius 2 is 1.91 bits per heavy atom. The molecule has 1 atom stereocenters. The van der Waals surface area contributed by atoms with Crippen molar-refractivity contribution in [2.75, 3.05) is 49.0 Å². The molecule has 2 aromatic rings. The fourth-order valence-electron chi connectivity index (χ4n) is 3.87. The standard InChI is InChI=1S/C22H27ClN4O4S/c23-17-4-6-19(7-5-17)32(29,30)26-20-14-16(22(28)25-15-18-2-1-13-31-18)3-8-21(20)27-11-9-24-10-12-27/h3-8,14,18,24,26H,1-2,9-13,15H2,(H,25,28)/t18-/m0/s1. The second kappa shape index (κ2) is 10.1. The molecule has 0 aromatic heterocycles. The number of rotatable bonds is 7. The number of piperazine rings is 1. The summed E-state index contributed by atoms with van der Waals surface area (Å²) in [4.78, 5) is 14.9. The minimum Gasteiger partial charge on any atom is -0.376 e. The maximum Gasteiger partial charge on any atom is 0.261 e. The third kappa shape index (κ3) is 5.53. The Kier molecular flexibility index (Phi) is 7.20. The zero-order chi connectivity index (χ0) is 22.6. The van der Waals surface area contributed by atoms with Gasteiger partial charge in [0.25, 0.3) is 15.9 Å². The Balaban J connectivity index is 1.59. The molecule has 3 N–H and O–H groups in total. The summed E-state index contributed by atoms with van der Waals surface area (Å²) < 4.78 is 34.3. The Morgan fingerprint density at radius 3 is 2.59 bits per heavy atom. The molecule has 0 aliphatic carbocycles. The van der Waals surface area contributed by atoms with Gasteiger partial charge in [-0.2, -0.15) is 0 Å². The lowest BCUT2D eigenvalue weighted by molar-refractivity contribution is 0.0858. The van der Waals surface area contributed by atoms with Gasteiger partial charge >= 0.3 is 0 Å². The number of sulfonamides is 1. The first-order chi connectivity index (χ1) is 15.4. The molecule has 1 amide bonds. The summed E-state index contributed by atoms with van der Waals surface area (Å²) in [5.41, 5.74) is 1.49. The molecule has 2 aromatic carbocycles. The van der Waals surface area contributed by atoms with E-state index in [2.05, 4.69) is 20.3 Å². The van der Waals surface area contributed by atoms with Crippen LogP contribution in [0.1, 0.15) is 23.2 Å². The van der Waals surface area contributed by atoms with Crippen LogP contribution in [0, 0.1) is 0 Å². The first kappa shape index (κ1) is 22.8. The second-order valence-electron chi connectivity index (χ2n) is 7.87. The Labute approximate surface area is 193 Å². The summed E-state index contributed by atoms with van der Waals surface area (Å²) in [6.45, 7) is 4.22. The topological polar surface area (TPSA) is 99.8 Å². The molecule has 2 aliphatic heterocycles. The zero-order valence-electron chi connectivity index (χ0n) is 17.6. The molecule has 2 heterocycles. The molecular formula is C22H27ClN4O4S. The largest absolute Gasteiger partial charge is 0.376 e. The van der Waals surface area contributed by atoms with Gasteiger partial charge in [0.05, 0.1) is 22.4 Å². The van der Waals surface area contributed by atoms with Gasteiger partial charge in [0.15, 0.2) is 0 Å². The van der Waals surface area contributed by atoms with Crippen LogP contribution in [0.25, 0.3) is 0 Å². The highest BCUT2D eigenvalue weighted by Crippen LogP contribution is 2.30. The number of amides is 1. The molecule has 4 rings (SSSR count). The van der Waals surface area contributed by atoms with E-state index < -0.39 is 10.0 Å². The van der Waals surface area contributed by atoms with E-state index in [1.54, 1.807) is 18.2 Å². The van der Waals surface area contributed by atoms with Crippen molar-refractivity contribution in [1.82, 2.24) is 10.6 Å². The van der Waals surface area contributed by atoms with Gasteiger partial charge in [-0.05, 0) is 55.3 Å². The molecule has 0 radical (unpaired) electrons. The summed E-state index contributed by atoms with van der Waals surface area (Å²) in [7, 11) is -3.86. The van der Waals surface area contributed by atoms with E-state index in [-0.39, 0.29) is 16.9 Å². The van der Waals surface area contributed by atoms with Crippen molar-refractivity contribution in [3.8, 4) is 0 Å². The molecule has 0 saturated carbocycles. The monoisotopic (exact) mass is 478 g/mol. The van der Waals surface area contributed by atoms with Crippen molar-refractivity contribution in [3.63, 3.8) is 0 Å². The van der Waals surface area contributed by atoms with Crippen LogP contribution in [0.2, 0.25) is 5.02 Å². The van der Waals surface area contributed by atoms with E-state index in [1.165, 1.54) is 24.3 Å². The van der Waals surface area contributed by atoms with Crippen molar-refractivity contribution < 1.29 is 17.9 Å². The van der Waals surface area contributed by atoms with Gasteiger partial charge in [-0.25, -0.2) is 8.42 Å². The zero-order valence-corrected chi connectivity index (χ0v) is 19.2. The van der Waals surface area contributed by atoms with Crippen LogP contribution in [0.15, 0.2) is 47.4 Å². The third-order valence-electron chi connectivity index (χ3n) is 5.60. The van der Waals surface area contributed by atoms with Crippen molar-refractivity contribution >= 4 is 38.9 Å². The van der Waals surface area contributed by atoms with E-state index in [1.807, 2.05) is 0 Å². The maximum absolute atomic E-state index is 13.0. The normalized spacial score (nSPS) is 19.0. The van der Waals surface area contributed by atoms with Gasteiger partial charge in [0, 0.05) is 49.9 Å². The number of carbonyl (C=O) groups excluding carboxylic acids is 1. The predicted octanol–water partition coefficient (Wildman–Crippen LogP) is 2.46. The van der Waals surface area contributed by atoms with E-state index in [0.717, 1.165) is 51.3 Å². The molecule has 172 valence electrons. The highest BCUT2D eigenvalue weighted by atomic mass is 35.5. The van der Waals surface area contributed by atoms with Crippen LogP contribution in [-0.4, -0.2) is 59.8 Å². The SMILES string of the molecule is O=C(NC[C@@H]1CCCO1)c1ccc(N2CCNCC2)c(NS(=O)(=O)c2ccc(Cl)cc2)c1. The average molecular weight is 479 g/mol. The van der Waals surface area contributed by atoms with Crippen molar-refractivity contribution in [2.24, 2.45) is 0 Å². The number of benzene rings is 2. The Bertz CT molecular complexity index is 1050. The average Bonchev–Trinajstić information content (AvgIpc) is 3.32. The molecule has 2 aliphatic rings. The highest BCUT2D eigenvalue weighted by Gasteiger charge is 2.22. The summed E-state index contributed by atoms with van der Waals surface area (Å²) in [5, 5.41) is 6.63. The fourth-order valence-corrected chi connectivity index (χ4v) is 5.06. The number of anilines is 2. The van der Waals surface area contributed by atoms with Gasteiger partial charge in [0.2, 0.25) is 0 Å². The number of hydrogen-bond donors (Lipinski definition) is 3. The molecular weight excluding hydrogens is 452 g/mol. The minimum atomic E-state index is -3.86. The number of carbonyl (C=O) groups is 1. The van der Waals surface area contributed by atoms with Gasteiger partial charge in [-0.15, -0.1) is 0 Å². The minimum absolute atomic E-state index is 0.0296. The summed E-state index contributed by atoms with van der Waals surface area (Å²) >= 11 is 5.90. The molecule has 2 saturated heterocycles. The first-order valence-electron chi connectivity index (χ1n) is 10.7.